The molecule has 2 atom stereocenters. The van der Waals surface area contributed by atoms with E-state index < -0.39 is 34.1 Å². The molecular formula is C23H26N2O5S. The number of aliphatic hydroxyl groups is 1. The van der Waals surface area contributed by atoms with Gasteiger partial charge in [-0.05, 0) is 36.1 Å². The van der Waals surface area contributed by atoms with Crippen molar-refractivity contribution in [3.8, 4) is 0 Å². The van der Waals surface area contributed by atoms with Gasteiger partial charge in [-0.3, -0.25) is 9.69 Å². The smallest absolute Gasteiger partial charge is 0.346 e. The zero-order valence-corrected chi connectivity index (χ0v) is 18.3. The molecule has 7 nitrogen and oxygen atoms in total. The molecule has 2 aromatic rings. The predicted octanol–water partition coefficient (Wildman–Crippen LogP) is 3.61. The summed E-state index contributed by atoms with van der Waals surface area (Å²) in [4.78, 5) is 26.9. The van der Waals surface area contributed by atoms with E-state index in [-0.39, 0.29) is 6.42 Å². The standard InChI is InChI=1S/C23H26N2O5S/c1-3-4-5-9-12-20-22(27)25(31(2,29)30)23(28)24(20)19-15-13-18(14-16-19)21(26)17-10-7-6-8-11-17/h5-11,13-16,20-21,26H,3-4,12H2,1-2H3/b9-5-. The van der Waals surface area contributed by atoms with Crippen molar-refractivity contribution in [2.24, 2.45) is 0 Å². The number of hydrogen-bond donors (Lipinski definition) is 1. The van der Waals surface area contributed by atoms with Crippen molar-refractivity contribution in [2.45, 2.75) is 38.3 Å². The summed E-state index contributed by atoms with van der Waals surface area (Å²) in [5.41, 5.74) is 1.74. The van der Waals surface area contributed by atoms with E-state index in [4.69, 9.17) is 0 Å². The highest BCUT2D eigenvalue weighted by Crippen LogP contribution is 2.31. The first-order valence-corrected chi connectivity index (χ1v) is 12.0. The van der Waals surface area contributed by atoms with Crippen LogP contribution in [0.15, 0.2) is 66.7 Å². The lowest BCUT2D eigenvalue weighted by molar-refractivity contribution is -0.123. The minimum Gasteiger partial charge on any atom is -0.384 e. The Hall–Kier alpha value is -2.97. The second kappa shape index (κ2) is 9.45. The van der Waals surface area contributed by atoms with Gasteiger partial charge in [-0.1, -0.05) is 68.0 Å². The van der Waals surface area contributed by atoms with Gasteiger partial charge in [0.05, 0.1) is 6.26 Å². The van der Waals surface area contributed by atoms with Crippen LogP contribution in [-0.4, -0.2) is 42.1 Å². The first kappa shape index (κ1) is 22.7. The van der Waals surface area contributed by atoms with E-state index >= 15 is 0 Å². The van der Waals surface area contributed by atoms with Crippen LogP contribution in [0.4, 0.5) is 10.5 Å². The van der Waals surface area contributed by atoms with Gasteiger partial charge >= 0.3 is 6.03 Å². The number of nitrogens with zero attached hydrogens (tertiary/aromatic N) is 2. The highest BCUT2D eigenvalue weighted by molar-refractivity contribution is 7.89. The van der Waals surface area contributed by atoms with Gasteiger partial charge in [-0.2, -0.15) is 4.31 Å². The third-order valence-corrected chi connectivity index (χ3v) is 6.09. The van der Waals surface area contributed by atoms with Crippen LogP contribution in [0.25, 0.3) is 0 Å². The molecule has 0 bridgehead atoms. The molecule has 31 heavy (non-hydrogen) atoms. The molecule has 0 aromatic heterocycles. The van der Waals surface area contributed by atoms with Crippen LogP contribution in [0.5, 0.6) is 0 Å². The van der Waals surface area contributed by atoms with E-state index in [0.29, 0.717) is 15.6 Å². The lowest BCUT2D eigenvalue weighted by Crippen LogP contribution is -2.37. The van der Waals surface area contributed by atoms with Crippen LogP contribution in [-0.2, 0) is 14.8 Å². The largest absolute Gasteiger partial charge is 0.384 e. The van der Waals surface area contributed by atoms with Crippen molar-refractivity contribution in [1.82, 2.24) is 4.31 Å². The van der Waals surface area contributed by atoms with Crippen LogP contribution in [0.2, 0.25) is 0 Å². The molecule has 1 aliphatic heterocycles. The number of sulfonamides is 1. The summed E-state index contributed by atoms with van der Waals surface area (Å²) >= 11 is 0. The fourth-order valence-corrected chi connectivity index (χ4v) is 4.35. The minimum absolute atomic E-state index is 0.213. The summed E-state index contributed by atoms with van der Waals surface area (Å²) < 4.78 is 24.5. The van der Waals surface area contributed by atoms with Gasteiger partial charge in [0.15, 0.2) is 0 Å². The second-order valence-corrected chi connectivity index (χ2v) is 9.27. The number of allylic oxidation sites excluding steroid dienone is 1. The molecule has 1 aliphatic rings. The lowest BCUT2D eigenvalue weighted by atomic mass is 10.0. The van der Waals surface area contributed by atoms with Crippen molar-refractivity contribution in [2.75, 3.05) is 11.2 Å². The molecule has 1 N–H and O–H groups in total. The summed E-state index contributed by atoms with van der Waals surface area (Å²) in [7, 11) is -4.04. The fraction of sp³-hybridized carbons (Fsp3) is 0.304. The van der Waals surface area contributed by atoms with Crippen LogP contribution >= 0.6 is 0 Å². The van der Waals surface area contributed by atoms with Gasteiger partial charge in [0.1, 0.15) is 12.1 Å². The molecular weight excluding hydrogens is 416 g/mol. The highest BCUT2D eigenvalue weighted by Gasteiger charge is 2.49. The number of rotatable bonds is 8. The molecule has 0 aliphatic carbocycles. The van der Waals surface area contributed by atoms with Crippen LogP contribution in [0.3, 0.4) is 0 Å². The van der Waals surface area contributed by atoms with E-state index in [1.807, 2.05) is 43.3 Å². The number of urea groups is 1. The molecule has 2 aromatic carbocycles. The molecule has 1 fully saturated rings. The van der Waals surface area contributed by atoms with Gasteiger partial charge in [0.2, 0.25) is 10.0 Å². The summed E-state index contributed by atoms with van der Waals surface area (Å²) in [5, 5.41) is 10.6. The Labute approximate surface area is 182 Å². The van der Waals surface area contributed by atoms with Crippen molar-refractivity contribution >= 4 is 27.6 Å². The van der Waals surface area contributed by atoms with Gasteiger partial charge in [-0.15, -0.1) is 0 Å². The van der Waals surface area contributed by atoms with Gasteiger partial charge in [0.25, 0.3) is 5.91 Å². The maximum Gasteiger partial charge on any atom is 0.346 e. The first-order valence-electron chi connectivity index (χ1n) is 10.1. The minimum atomic E-state index is -4.04. The van der Waals surface area contributed by atoms with E-state index in [1.165, 1.54) is 4.90 Å². The van der Waals surface area contributed by atoms with Crippen molar-refractivity contribution in [3.63, 3.8) is 0 Å². The second-order valence-electron chi connectivity index (χ2n) is 7.43. The Morgan fingerprint density at radius 1 is 1.00 bits per heavy atom. The molecule has 1 heterocycles. The maximum atomic E-state index is 12.9. The van der Waals surface area contributed by atoms with Crippen molar-refractivity contribution in [1.29, 1.82) is 0 Å². The molecule has 164 valence electrons. The van der Waals surface area contributed by atoms with E-state index in [9.17, 15) is 23.1 Å². The quantitative estimate of drug-likeness (QED) is 0.498. The van der Waals surface area contributed by atoms with E-state index in [1.54, 1.807) is 30.3 Å². The Morgan fingerprint density at radius 2 is 1.61 bits per heavy atom. The van der Waals surface area contributed by atoms with Gasteiger partial charge in [-0.25, -0.2) is 13.2 Å². The summed E-state index contributed by atoms with van der Waals surface area (Å²) in [6, 6.07) is 13.9. The monoisotopic (exact) mass is 442 g/mol. The highest BCUT2D eigenvalue weighted by atomic mass is 32.2. The summed E-state index contributed by atoms with van der Waals surface area (Å²) in [6.07, 6.45) is 5.70. The fourth-order valence-electron chi connectivity index (χ4n) is 3.53. The van der Waals surface area contributed by atoms with E-state index in [0.717, 1.165) is 24.7 Å². The van der Waals surface area contributed by atoms with Gasteiger partial charge in [0, 0.05) is 5.69 Å². The number of amides is 3. The Kier molecular flexibility index (Phi) is 6.92. The SMILES string of the molecule is CCC/C=C\CC1C(=O)N(S(C)(=O)=O)C(=O)N1c1ccc(C(O)c2ccccc2)cc1. The number of carbonyl (C=O) groups excluding carboxylic acids is 2. The van der Waals surface area contributed by atoms with Crippen LogP contribution in [0.1, 0.15) is 43.4 Å². The van der Waals surface area contributed by atoms with Crippen LogP contribution in [0, 0.1) is 0 Å². The average Bonchev–Trinajstić information content (AvgIpc) is 3.01. The maximum absolute atomic E-state index is 12.9. The molecule has 2 unspecified atom stereocenters. The number of unbranched alkanes of at least 4 members (excludes halogenated alkanes) is 1. The van der Waals surface area contributed by atoms with Crippen LogP contribution < -0.4 is 4.90 Å². The molecule has 0 saturated carbocycles. The molecule has 0 radical (unpaired) electrons. The molecule has 8 heteroatoms. The number of imide groups is 1. The molecule has 3 amide bonds. The normalized spacial score (nSPS) is 18.2. The predicted molar refractivity (Wildman–Crippen MR) is 119 cm³/mol. The van der Waals surface area contributed by atoms with Gasteiger partial charge < -0.3 is 5.11 Å². The first-order chi connectivity index (χ1) is 14.8. The molecule has 1 saturated heterocycles. The Balaban J connectivity index is 1.91. The van der Waals surface area contributed by atoms with Crippen molar-refractivity contribution < 1.29 is 23.1 Å². The zero-order chi connectivity index (χ0) is 22.6. The number of aliphatic hydroxyl groups excluding tert-OH is 1. The summed E-state index contributed by atoms with van der Waals surface area (Å²) in [6.45, 7) is 2.03. The number of anilines is 1. The zero-order valence-electron chi connectivity index (χ0n) is 17.5. The summed E-state index contributed by atoms with van der Waals surface area (Å²) in [5.74, 6) is -0.762. The average molecular weight is 443 g/mol. The third kappa shape index (κ3) is 4.86. The molecule has 3 rings (SSSR count). The van der Waals surface area contributed by atoms with E-state index in [2.05, 4.69) is 0 Å². The lowest BCUT2D eigenvalue weighted by Gasteiger charge is -2.21. The van der Waals surface area contributed by atoms with Crippen molar-refractivity contribution in [3.05, 3.63) is 77.9 Å². The molecule has 0 spiro atoms. The number of benzene rings is 2. The Morgan fingerprint density at radius 3 is 2.19 bits per heavy atom. The Bertz CT molecular complexity index is 1060. The topological polar surface area (TPSA) is 95.0 Å². The number of carbonyl (C=O) groups is 2. The number of hydrogen-bond acceptors (Lipinski definition) is 5. The third-order valence-electron chi connectivity index (χ3n) is 5.09.